The molecule has 1 N–H and O–H groups in total. The summed E-state index contributed by atoms with van der Waals surface area (Å²) < 4.78 is 5.87. The van der Waals surface area contributed by atoms with E-state index in [1.165, 1.54) is 0 Å². The Morgan fingerprint density at radius 3 is 2.38 bits per heavy atom. The van der Waals surface area contributed by atoms with Crippen molar-refractivity contribution in [1.82, 2.24) is 14.9 Å². The molecule has 2 heterocycles. The third-order valence-corrected chi connectivity index (χ3v) is 6.85. The Hall–Kier alpha value is -3.07. The molecule has 3 aromatic rings. The van der Waals surface area contributed by atoms with Crippen molar-refractivity contribution in [3.05, 3.63) is 64.3 Å². The van der Waals surface area contributed by atoms with E-state index in [1.807, 2.05) is 38.1 Å². The van der Waals surface area contributed by atoms with Crippen LogP contribution >= 0.6 is 23.2 Å². The standard InChI is InChI=1S/C27H32Cl2N6O2/c1-5-33(6-2)14-15-37-21-12-10-20(11-13-21)31-26-30-16-19-17-34(24-22(28)8-7-9-23(24)29)27(36)35(18(3)4)25(19)32-26/h7-13,16,18H,5-6,14-15,17H2,1-4H3,(H,30,31,32). The van der Waals surface area contributed by atoms with Gasteiger partial charge in [-0.1, -0.05) is 43.1 Å². The van der Waals surface area contributed by atoms with Crippen LogP contribution in [0.2, 0.25) is 10.0 Å². The number of para-hydroxylation sites is 1. The third kappa shape index (κ3) is 6.09. The van der Waals surface area contributed by atoms with Crippen LogP contribution < -0.4 is 19.9 Å². The first-order chi connectivity index (χ1) is 17.8. The minimum Gasteiger partial charge on any atom is -0.492 e. The average molecular weight is 543 g/mol. The van der Waals surface area contributed by atoms with Gasteiger partial charge in [0.05, 0.1) is 22.3 Å². The number of ether oxygens (including phenoxy) is 1. The number of anilines is 4. The van der Waals surface area contributed by atoms with Crippen molar-refractivity contribution >= 4 is 52.4 Å². The first kappa shape index (κ1) is 27.0. The van der Waals surface area contributed by atoms with Gasteiger partial charge >= 0.3 is 6.03 Å². The lowest BCUT2D eigenvalue weighted by Crippen LogP contribution is -2.51. The summed E-state index contributed by atoms with van der Waals surface area (Å²) in [5.74, 6) is 1.77. The number of carbonyl (C=O) groups is 1. The zero-order valence-electron chi connectivity index (χ0n) is 21.5. The summed E-state index contributed by atoms with van der Waals surface area (Å²) in [7, 11) is 0. The second-order valence-corrected chi connectivity index (χ2v) is 9.78. The zero-order chi connectivity index (χ0) is 26.5. The molecule has 0 radical (unpaired) electrons. The smallest absolute Gasteiger partial charge is 0.330 e. The van der Waals surface area contributed by atoms with E-state index in [-0.39, 0.29) is 18.6 Å². The molecule has 1 aromatic heterocycles. The van der Waals surface area contributed by atoms with E-state index < -0.39 is 0 Å². The molecule has 0 bridgehead atoms. The van der Waals surface area contributed by atoms with Gasteiger partial charge in [-0.25, -0.2) is 9.78 Å². The van der Waals surface area contributed by atoms with Crippen LogP contribution in [0.4, 0.5) is 27.9 Å². The first-order valence-corrected chi connectivity index (χ1v) is 13.2. The Kier molecular flexibility index (Phi) is 8.74. The molecule has 0 atom stereocenters. The number of halogens is 2. The minimum atomic E-state index is -0.242. The monoisotopic (exact) mass is 542 g/mol. The lowest BCUT2D eigenvalue weighted by Gasteiger charge is -2.38. The molecule has 0 saturated heterocycles. The number of fused-ring (bicyclic) bond motifs is 1. The Balaban J connectivity index is 1.51. The number of hydrogen-bond acceptors (Lipinski definition) is 6. The van der Waals surface area contributed by atoms with Crippen molar-refractivity contribution < 1.29 is 9.53 Å². The molecule has 4 rings (SSSR count). The van der Waals surface area contributed by atoms with Crippen LogP contribution in [-0.2, 0) is 6.54 Å². The molecule has 196 valence electrons. The maximum atomic E-state index is 13.5. The van der Waals surface area contributed by atoms with E-state index in [0.717, 1.165) is 36.6 Å². The second-order valence-electron chi connectivity index (χ2n) is 8.97. The fourth-order valence-corrected chi connectivity index (χ4v) is 4.82. The number of nitrogens with one attached hydrogen (secondary N) is 1. The quantitative estimate of drug-likeness (QED) is 0.311. The normalized spacial score (nSPS) is 13.4. The van der Waals surface area contributed by atoms with Gasteiger partial charge in [-0.15, -0.1) is 0 Å². The van der Waals surface area contributed by atoms with Crippen LogP contribution in [0.1, 0.15) is 33.3 Å². The zero-order valence-corrected chi connectivity index (χ0v) is 23.1. The fourth-order valence-electron chi connectivity index (χ4n) is 4.22. The summed E-state index contributed by atoms with van der Waals surface area (Å²) in [5.41, 5.74) is 2.10. The van der Waals surface area contributed by atoms with Crippen LogP contribution in [0.15, 0.2) is 48.7 Å². The lowest BCUT2D eigenvalue weighted by molar-refractivity contribution is 0.223. The predicted molar refractivity (Wildman–Crippen MR) is 151 cm³/mol. The van der Waals surface area contributed by atoms with Crippen molar-refractivity contribution in [2.45, 2.75) is 40.3 Å². The molecule has 1 aliphatic rings. The molecule has 0 unspecified atom stereocenters. The summed E-state index contributed by atoms with van der Waals surface area (Å²) in [4.78, 5) is 28.3. The van der Waals surface area contributed by atoms with Crippen LogP contribution in [-0.4, -0.2) is 53.2 Å². The van der Waals surface area contributed by atoms with Crippen molar-refractivity contribution in [2.75, 3.05) is 41.4 Å². The molecule has 0 saturated carbocycles. The molecule has 0 aliphatic carbocycles. The molecular formula is C27H32Cl2N6O2. The topological polar surface area (TPSA) is 73.8 Å². The molecule has 8 nitrogen and oxygen atoms in total. The van der Waals surface area contributed by atoms with Crippen LogP contribution in [0.25, 0.3) is 0 Å². The molecule has 0 spiro atoms. The molecule has 1 aliphatic heterocycles. The summed E-state index contributed by atoms with van der Waals surface area (Å²) in [6.45, 7) is 12.0. The Morgan fingerprint density at radius 1 is 1.08 bits per heavy atom. The van der Waals surface area contributed by atoms with E-state index in [0.29, 0.717) is 34.1 Å². The van der Waals surface area contributed by atoms with E-state index in [1.54, 1.807) is 34.2 Å². The number of carbonyl (C=O) groups excluding carboxylic acids is 1. The van der Waals surface area contributed by atoms with Crippen molar-refractivity contribution in [3.63, 3.8) is 0 Å². The molecule has 2 aromatic carbocycles. The summed E-state index contributed by atoms with van der Waals surface area (Å²) in [6, 6.07) is 12.5. The number of rotatable bonds is 10. The fraction of sp³-hybridized carbons (Fsp3) is 0.370. The van der Waals surface area contributed by atoms with E-state index >= 15 is 0 Å². The molecular weight excluding hydrogens is 511 g/mol. The Bertz CT molecular complexity index is 1210. The summed E-state index contributed by atoms with van der Waals surface area (Å²) in [5, 5.41) is 4.05. The SMILES string of the molecule is CCN(CC)CCOc1ccc(Nc2ncc3c(n2)N(C(C)C)C(=O)N(c2c(Cl)cccc2Cl)C3)cc1. The molecule has 10 heteroatoms. The van der Waals surface area contributed by atoms with Gasteiger partial charge in [-0.2, -0.15) is 4.98 Å². The highest BCUT2D eigenvalue weighted by Gasteiger charge is 2.36. The first-order valence-electron chi connectivity index (χ1n) is 12.4. The number of amides is 2. The summed E-state index contributed by atoms with van der Waals surface area (Å²) in [6.07, 6.45) is 1.73. The number of benzene rings is 2. The lowest BCUT2D eigenvalue weighted by atomic mass is 10.1. The van der Waals surface area contributed by atoms with Crippen LogP contribution in [0.3, 0.4) is 0 Å². The maximum absolute atomic E-state index is 13.5. The van der Waals surface area contributed by atoms with Gasteiger partial charge < -0.3 is 15.0 Å². The van der Waals surface area contributed by atoms with Crippen molar-refractivity contribution in [3.8, 4) is 5.75 Å². The Morgan fingerprint density at radius 2 is 1.76 bits per heavy atom. The molecule has 0 fully saturated rings. The number of aromatic nitrogens is 2. The van der Waals surface area contributed by atoms with Crippen molar-refractivity contribution in [1.29, 1.82) is 0 Å². The minimum absolute atomic E-state index is 0.147. The summed E-state index contributed by atoms with van der Waals surface area (Å²) >= 11 is 12.8. The van der Waals surface area contributed by atoms with Gasteiger partial charge in [-0.05, 0) is 63.3 Å². The largest absolute Gasteiger partial charge is 0.492 e. The third-order valence-electron chi connectivity index (χ3n) is 6.24. The average Bonchev–Trinajstić information content (AvgIpc) is 2.87. The highest BCUT2D eigenvalue weighted by Crippen LogP contribution is 2.39. The van der Waals surface area contributed by atoms with Gasteiger partial charge in [0.25, 0.3) is 0 Å². The van der Waals surface area contributed by atoms with E-state index in [4.69, 9.17) is 32.9 Å². The van der Waals surface area contributed by atoms with Gasteiger partial charge in [-0.3, -0.25) is 9.80 Å². The van der Waals surface area contributed by atoms with Gasteiger partial charge in [0.1, 0.15) is 18.2 Å². The van der Waals surface area contributed by atoms with Gasteiger partial charge in [0, 0.05) is 30.0 Å². The van der Waals surface area contributed by atoms with E-state index in [9.17, 15) is 4.79 Å². The second kappa shape index (κ2) is 12.0. The van der Waals surface area contributed by atoms with Crippen LogP contribution in [0.5, 0.6) is 5.75 Å². The van der Waals surface area contributed by atoms with E-state index in [2.05, 4.69) is 29.0 Å². The predicted octanol–water partition coefficient (Wildman–Crippen LogP) is 6.60. The maximum Gasteiger partial charge on any atom is 0.330 e. The van der Waals surface area contributed by atoms with Gasteiger partial charge in [0.15, 0.2) is 0 Å². The molecule has 2 amide bonds. The Labute approximate surface area is 228 Å². The van der Waals surface area contributed by atoms with Gasteiger partial charge in [0.2, 0.25) is 5.95 Å². The van der Waals surface area contributed by atoms with Crippen molar-refractivity contribution in [2.24, 2.45) is 0 Å². The number of hydrogen-bond donors (Lipinski definition) is 1. The number of likely N-dealkylation sites (N-methyl/N-ethyl adjacent to an activating group) is 1. The van der Waals surface area contributed by atoms with Crippen LogP contribution in [0, 0.1) is 0 Å². The number of nitrogens with zero attached hydrogens (tertiary/aromatic N) is 5. The number of urea groups is 1. The highest BCUT2D eigenvalue weighted by molar-refractivity contribution is 6.40. The molecule has 37 heavy (non-hydrogen) atoms. The highest BCUT2D eigenvalue weighted by atomic mass is 35.5.